The van der Waals surface area contributed by atoms with Crippen molar-refractivity contribution in [2.24, 2.45) is 0 Å². The van der Waals surface area contributed by atoms with Gasteiger partial charge in [0.1, 0.15) is 12.1 Å². The zero-order valence-electron chi connectivity index (χ0n) is 19.0. The van der Waals surface area contributed by atoms with Gasteiger partial charge >= 0.3 is 12.1 Å². The lowest BCUT2D eigenvalue weighted by atomic mass is 9.76. The summed E-state index contributed by atoms with van der Waals surface area (Å²) in [6.45, 7) is 3.85. The van der Waals surface area contributed by atoms with E-state index in [-0.39, 0.29) is 24.9 Å². The van der Waals surface area contributed by atoms with Crippen molar-refractivity contribution in [3.05, 3.63) is 59.7 Å². The molecule has 0 bridgehead atoms. The molecule has 174 valence electrons. The van der Waals surface area contributed by atoms with Gasteiger partial charge in [0.15, 0.2) is 0 Å². The van der Waals surface area contributed by atoms with Crippen LogP contribution in [0.3, 0.4) is 0 Å². The van der Waals surface area contributed by atoms with Crippen molar-refractivity contribution in [2.45, 2.75) is 62.9 Å². The molecule has 1 fully saturated rings. The predicted octanol–water partition coefficient (Wildman–Crippen LogP) is 4.21. The van der Waals surface area contributed by atoms with Crippen molar-refractivity contribution < 1.29 is 24.2 Å². The molecule has 1 saturated carbocycles. The SMILES string of the molecule is CC(C)(CCC(=O)NC1(C(=O)O)CCC1)NC(=O)OCC1c2ccccc2-c2ccccc21. The first-order valence-electron chi connectivity index (χ1n) is 11.4. The molecule has 0 aliphatic heterocycles. The van der Waals surface area contributed by atoms with Crippen LogP contribution in [0.5, 0.6) is 0 Å². The number of carbonyl (C=O) groups is 3. The highest BCUT2D eigenvalue weighted by Crippen LogP contribution is 2.44. The van der Waals surface area contributed by atoms with Gasteiger partial charge in [0.25, 0.3) is 0 Å². The Labute approximate surface area is 193 Å². The topological polar surface area (TPSA) is 105 Å². The summed E-state index contributed by atoms with van der Waals surface area (Å²) in [5.74, 6) is -1.33. The number of hydrogen-bond donors (Lipinski definition) is 3. The van der Waals surface area contributed by atoms with E-state index >= 15 is 0 Å². The summed E-state index contributed by atoms with van der Waals surface area (Å²) in [5.41, 5.74) is 2.81. The van der Waals surface area contributed by atoms with Gasteiger partial charge in [0, 0.05) is 17.9 Å². The van der Waals surface area contributed by atoms with Crippen molar-refractivity contribution >= 4 is 18.0 Å². The van der Waals surface area contributed by atoms with Gasteiger partial charge in [-0.15, -0.1) is 0 Å². The Morgan fingerprint density at radius 3 is 2.12 bits per heavy atom. The van der Waals surface area contributed by atoms with Gasteiger partial charge in [-0.05, 0) is 61.8 Å². The number of nitrogens with one attached hydrogen (secondary N) is 2. The fourth-order valence-corrected chi connectivity index (χ4v) is 4.65. The second kappa shape index (κ2) is 8.89. The minimum absolute atomic E-state index is 0.0216. The monoisotopic (exact) mass is 450 g/mol. The Morgan fingerprint density at radius 1 is 1.03 bits per heavy atom. The molecule has 0 spiro atoms. The lowest BCUT2D eigenvalue weighted by Gasteiger charge is -2.38. The first-order valence-corrected chi connectivity index (χ1v) is 11.4. The molecule has 0 aromatic heterocycles. The zero-order valence-corrected chi connectivity index (χ0v) is 19.0. The summed E-state index contributed by atoms with van der Waals surface area (Å²) in [7, 11) is 0. The number of aliphatic carboxylic acids is 1. The van der Waals surface area contributed by atoms with E-state index in [0.29, 0.717) is 19.3 Å². The third-order valence-electron chi connectivity index (χ3n) is 6.76. The molecule has 3 N–H and O–H groups in total. The molecule has 0 heterocycles. The maximum absolute atomic E-state index is 12.5. The number of alkyl carbamates (subject to hydrolysis) is 1. The lowest BCUT2D eigenvalue weighted by Crippen LogP contribution is -2.59. The van der Waals surface area contributed by atoms with Crippen LogP contribution in [0.15, 0.2) is 48.5 Å². The third kappa shape index (κ3) is 4.72. The van der Waals surface area contributed by atoms with Crippen LogP contribution in [0.4, 0.5) is 4.79 Å². The Bertz CT molecular complexity index is 1030. The summed E-state index contributed by atoms with van der Waals surface area (Å²) in [6.07, 6.45) is 1.64. The van der Waals surface area contributed by atoms with Crippen molar-refractivity contribution in [3.8, 4) is 11.1 Å². The molecule has 2 amide bonds. The number of carboxylic acids is 1. The Morgan fingerprint density at radius 2 is 1.61 bits per heavy atom. The second-order valence-corrected chi connectivity index (χ2v) is 9.62. The molecule has 2 aliphatic rings. The van der Waals surface area contributed by atoms with Crippen LogP contribution in [0.1, 0.15) is 63.0 Å². The smallest absolute Gasteiger partial charge is 0.407 e. The average molecular weight is 451 g/mol. The minimum Gasteiger partial charge on any atom is -0.480 e. The second-order valence-electron chi connectivity index (χ2n) is 9.62. The first kappa shape index (κ1) is 22.8. The molecule has 0 saturated heterocycles. The first-order chi connectivity index (χ1) is 15.7. The maximum Gasteiger partial charge on any atom is 0.407 e. The van der Waals surface area contributed by atoms with Crippen molar-refractivity contribution in [3.63, 3.8) is 0 Å². The molecule has 2 aliphatic carbocycles. The fraction of sp³-hybridized carbons (Fsp3) is 0.423. The van der Waals surface area contributed by atoms with Crippen LogP contribution in [0.2, 0.25) is 0 Å². The number of fused-ring (bicyclic) bond motifs is 3. The minimum atomic E-state index is -1.12. The summed E-state index contributed by atoms with van der Waals surface area (Å²) >= 11 is 0. The molecule has 0 unspecified atom stereocenters. The predicted molar refractivity (Wildman–Crippen MR) is 124 cm³/mol. The number of hydrogen-bond acceptors (Lipinski definition) is 4. The van der Waals surface area contributed by atoms with Crippen LogP contribution in [0.25, 0.3) is 11.1 Å². The van der Waals surface area contributed by atoms with E-state index in [1.54, 1.807) is 0 Å². The van der Waals surface area contributed by atoms with Crippen LogP contribution in [-0.4, -0.2) is 40.8 Å². The molecule has 4 rings (SSSR count). The van der Waals surface area contributed by atoms with Gasteiger partial charge in [0.05, 0.1) is 0 Å². The molecule has 2 aromatic carbocycles. The van der Waals surface area contributed by atoms with E-state index in [1.165, 1.54) is 11.1 Å². The van der Waals surface area contributed by atoms with Gasteiger partial charge in [-0.25, -0.2) is 9.59 Å². The van der Waals surface area contributed by atoms with E-state index in [2.05, 4.69) is 34.9 Å². The van der Waals surface area contributed by atoms with Gasteiger partial charge in [0.2, 0.25) is 5.91 Å². The number of amides is 2. The molecule has 0 atom stereocenters. The van der Waals surface area contributed by atoms with Crippen molar-refractivity contribution in [2.75, 3.05) is 6.61 Å². The third-order valence-corrected chi connectivity index (χ3v) is 6.76. The van der Waals surface area contributed by atoms with Gasteiger partial charge in [-0.2, -0.15) is 0 Å². The fourth-order valence-electron chi connectivity index (χ4n) is 4.65. The zero-order chi connectivity index (χ0) is 23.6. The molecule has 7 nitrogen and oxygen atoms in total. The molecule has 2 aromatic rings. The van der Waals surface area contributed by atoms with Crippen LogP contribution >= 0.6 is 0 Å². The average Bonchev–Trinajstić information content (AvgIpc) is 3.07. The summed E-state index contributed by atoms with van der Waals surface area (Å²) in [6, 6.07) is 16.3. The Hall–Kier alpha value is -3.35. The Balaban J connectivity index is 1.30. The van der Waals surface area contributed by atoms with Crippen LogP contribution < -0.4 is 10.6 Å². The number of benzene rings is 2. The highest BCUT2D eigenvalue weighted by atomic mass is 16.5. The molecular formula is C26H30N2O5. The maximum atomic E-state index is 12.5. The van der Waals surface area contributed by atoms with Gasteiger partial charge in [-0.3, -0.25) is 4.79 Å². The van der Waals surface area contributed by atoms with E-state index in [0.717, 1.165) is 17.5 Å². The standard InChI is InChI=1S/C26H30N2O5/c1-25(2,15-12-22(29)27-26(23(30)31)13-7-14-26)28-24(32)33-16-21-19-10-5-3-8-17(19)18-9-4-6-11-20(18)21/h3-6,8-11,21H,7,12-16H2,1-2H3,(H,27,29)(H,28,32)(H,30,31). The molecule has 33 heavy (non-hydrogen) atoms. The van der Waals surface area contributed by atoms with Crippen molar-refractivity contribution in [1.82, 2.24) is 10.6 Å². The van der Waals surface area contributed by atoms with Crippen LogP contribution in [0, 0.1) is 0 Å². The van der Waals surface area contributed by atoms with Gasteiger partial charge in [-0.1, -0.05) is 48.5 Å². The van der Waals surface area contributed by atoms with Crippen LogP contribution in [-0.2, 0) is 14.3 Å². The van der Waals surface area contributed by atoms with E-state index in [4.69, 9.17) is 4.74 Å². The van der Waals surface area contributed by atoms with Gasteiger partial charge < -0.3 is 20.5 Å². The highest BCUT2D eigenvalue weighted by Gasteiger charge is 2.45. The van der Waals surface area contributed by atoms with E-state index < -0.39 is 23.1 Å². The lowest BCUT2D eigenvalue weighted by molar-refractivity contribution is -0.151. The number of carbonyl (C=O) groups excluding carboxylic acids is 2. The Kier molecular flexibility index (Phi) is 6.15. The van der Waals surface area contributed by atoms with Crippen molar-refractivity contribution in [1.29, 1.82) is 0 Å². The summed E-state index contributed by atoms with van der Waals surface area (Å²) in [4.78, 5) is 36.3. The van der Waals surface area contributed by atoms with E-state index in [1.807, 2.05) is 38.1 Å². The highest BCUT2D eigenvalue weighted by molar-refractivity contribution is 5.88. The quantitative estimate of drug-likeness (QED) is 0.559. The number of rotatable bonds is 8. The largest absolute Gasteiger partial charge is 0.480 e. The number of ether oxygens (including phenoxy) is 1. The summed E-state index contributed by atoms with van der Waals surface area (Å²) < 4.78 is 5.59. The summed E-state index contributed by atoms with van der Waals surface area (Å²) in [5, 5.41) is 14.9. The van der Waals surface area contributed by atoms with E-state index in [9.17, 15) is 19.5 Å². The molecule has 0 radical (unpaired) electrons. The number of carboxylic acid groups (broad SMARTS) is 1. The molecule has 7 heteroatoms. The normalized spacial score (nSPS) is 16.2. The molecular weight excluding hydrogens is 420 g/mol.